The third-order valence-electron chi connectivity index (χ3n) is 4.64. The number of rotatable bonds is 2. The predicted molar refractivity (Wildman–Crippen MR) is 79.5 cm³/mol. The van der Waals surface area contributed by atoms with Crippen LogP contribution in [-0.2, 0) is 0 Å². The molecule has 104 valence electrons. The molecule has 0 aliphatic carbocycles. The van der Waals surface area contributed by atoms with Crippen molar-refractivity contribution in [2.24, 2.45) is 0 Å². The highest BCUT2D eigenvalue weighted by Crippen LogP contribution is 2.27. The van der Waals surface area contributed by atoms with Gasteiger partial charge in [-0.1, -0.05) is 24.3 Å². The van der Waals surface area contributed by atoms with E-state index in [1.807, 2.05) is 0 Å². The van der Waals surface area contributed by atoms with Crippen molar-refractivity contribution in [1.82, 2.24) is 15.5 Å². The summed E-state index contributed by atoms with van der Waals surface area (Å²) in [4.78, 5) is 2.45. The molecule has 1 aromatic carbocycles. The van der Waals surface area contributed by atoms with Crippen molar-refractivity contribution in [1.29, 1.82) is 0 Å². The zero-order valence-corrected chi connectivity index (χ0v) is 11.9. The zero-order chi connectivity index (χ0) is 13.1. The molecule has 0 spiro atoms. The zero-order valence-electron chi connectivity index (χ0n) is 11.9. The molecule has 0 bridgehead atoms. The molecule has 0 aromatic heterocycles. The van der Waals surface area contributed by atoms with Gasteiger partial charge in [-0.3, -0.25) is 4.90 Å². The van der Waals surface area contributed by atoms with E-state index in [1.165, 1.54) is 37.1 Å². The molecule has 1 atom stereocenters. The summed E-state index contributed by atoms with van der Waals surface area (Å²) < 4.78 is 0. The van der Waals surface area contributed by atoms with Crippen molar-refractivity contribution >= 4 is 0 Å². The van der Waals surface area contributed by atoms with E-state index in [-0.39, 0.29) is 0 Å². The number of piperidine rings is 1. The number of likely N-dealkylation sites (N-methyl/N-ethyl adjacent to an activating group) is 1. The molecule has 2 saturated heterocycles. The molecular formula is C16H25N3. The lowest BCUT2D eigenvalue weighted by molar-refractivity contribution is 0.202. The van der Waals surface area contributed by atoms with Crippen molar-refractivity contribution in [3.05, 3.63) is 35.4 Å². The van der Waals surface area contributed by atoms with Gasteiger partial charge in [-0.25, -0.2) is 0 Å². The number of nitrogens with one attached hydrogen (secondary N) is 2. The second-order valence-electron chi connectivity index (χ2n) is 5.89. The monoisotopic (exact) mass is 259 g/mol. The molecule has 1 unspecified atom stereocenters. The highest BCUT2D eigenvalue weighted by molar-refractivity contribution is 5.28. The summed E-state index contributed by atoms with van der Waals surface area (Å²) in [6, 6.07) is 9.93. The highest BCUT2D eigenvalue weighted by atomic mass is 15.2. The molecule has 2 heterocycles. The minimum Gasteiger partial charge on any atom is -0.317 e. The van der Waals surface area contributed by atoms with Gasteiger partial charge < -0.3 is 10.6 Å². The van der Waals surface area contributed by atoms with Gasteiger partial charge in [0, 0.05) is 25.7 Å². The molecule has 3 nitrogen and oxygen atoms in total. The molecular weight excluding hydrogens is 234 g/mol. The molecule has 1 aromatic rings. The van der Waals surface area contributed by atoms with Gasteiger partial charge in [-0.2, -0.15) is 0 Å². The highest BCUT2D eigenvalue weighted by Gasteiger charge is 2.21. The van der Waals surface area contributed by atoms with E-state index in [1.54, 1.807) is 0 Å². The topological polar surface area (TPSA) is 27.3 Å². The third-order valence-corrected chi connectivity index (χ3v) is 4.64. The summed E-state index contributed by atoms with van der Waals surface area (Å²) >= 11 is 0. The Morgan fingerprint density at radius 2 is 1.63 bits per heavy atom. The van der Waals surface area contributed by atoms with Crippen LogP contribution in [-0.4, -0.2) is 44.7 Å². The maximum absolute atomic E-state index is 3.49. The Balaban J connectivity index is 1.70. The Hall–Kier alpha value is -0.900. The fraction of sp³-hybridized carbons (Fsp3) is 0.625. The first kappa shape index (κ1) is 13.1. The summed E-state index contributed by atoms with van der Waals surface area (Å²) in [6.45, 7) is 5.66. The smallest absolute Gasteiger partial charge is 0.0470 e. The Morgan fingerprint density at radius 3 is 2.32 bits per heavy atom. The fourth-order valence-electron chi connectivity index (χ4n) is 3.32. The van der Waals surface area contributed by atoms with Gasteiger partial charge in [0.1, 0.15) is 0 Å². The summed E-state index contributed by atoms with van der Waals surface area (Å²) in [5, 5.41) is 6.93. The average Bonchev–Trinajstić information content (AvgIpc) is 2.49. The van der Waals surface area contributed by atoms with Crippen LogP contribution in [0.3, 0.4) is 0 Å². The predicted octanol–water partition coefficient (Wildman–Crippen LogP) is 1.73. The number of hydrogen-bond donors (Lipinski definition) is 2. The summed E-state index contributed by atoms with van der Waals surface area (Å²) in [5.74, 6) is 0.762. The fourth-order valence-corrected chi connectivity index (χ4v) is 3.32. The van der Waals surface area contributed by atoms with E-state index in [4.69, 9.17) is 0 Å². The van der Waals surface area contributed by atoms with Gasteiger partial charge in [-0.05, 0) is 50.0 Å². The van der Waals surface area contributed by atoms with Crippen LogP contribution in [0.4, 0.5) is 0 Å². The van der Waals surface area contributed by atoms with Gasteiger partial charge in [0.2, 0.25) is 0 Å². The van der Waals surface area contributed by atoms with Crippen LogP contribution in [0, 0.1) is 0 Å². The first-order valence-corrected chi connectivity index (χ1v) is 7.56. The van der Waals surface area contributed by atoms with Gasteiger partial charge >= 0.3 is 0 Å². The number of benzene rings is 1. The van der Waals surface area contributed by atoms with Crippen molar-refractivity contribution < 1.29 is 0 Å². The molecule has 0 amide bonds. The quantitative estimate of drug-likeness (QED) is 0.847. The normalized spacial score (nSPS) is 26.5. The SMILES string of the molecule is CN1CCNCC1c1ccc(C2CCNCC2)cc1. The summed E-state index contributed by atoms with van der Waals surface area (Å²) in [7, 11) is 2.23. The van der Waals surface area contributed by atoms with Crippen molar-refractivity contribution in [3.8, 4) is 0 Å². The van der Waals surface area contributed by atoms with Crippen LogP contribution in [0.5, 0.6) is 0 Å². The van der Waals surface area contributed by atoms with Gasteiger partial charge in [-0.15, -0.1) is 0 Å². The van der Waals surface area contributed by atoms with Crippen LogP contribution in [0.15, 0.2) is 24.3 Å². The molecule has 3 heteroatoms. The first-order chi connectivity index (χ1) is 9.34. The average molecular weight is 259 g/mol. The number of hydrogen-bond acceptors (Lipinski definition) is 3. The van der Waals surface area contributed by atoms with Gasteiger partial charge in [0.05, 0.1) is 0 Å². The minimum absolute atomic E-state index is 0.538. The lowest BCUT2D eigenvalue weighted by Crippen LogP contribution is -2.43. The van der Waals surface area contributed by atoms with Gasteiger partial charge in [0.25, 0.3) is 0 Å². The van der Waals surface area contributed by atoms with E-state index >= 15 is 0 Å². The Labute approximate surface area is 116 Å². The Morgan fingerprint density at radius 1 is 0.947 bits per heavy atom. The van der Waals surface area contributed by atoms with Crippen LogP contribution in [0.1, 0.15) is 35.9 Å². The molecule has 19 heavy (non-hydrogen) atoms. The third kappa shape index (κ3) is 2.99. The van der Waals surface area contributed by atoms with Crippen LogP contribution < -0.4 is 10.6 Å². The largest absolute Gasteiger partial charge is 0.317 e. The lowest BCUT2D eigenvalue weighted by Gasteiger charge is -2.33. The van der Waals surface area contributed by atoms with E-state index in [0.717, 1.165) is 25.6 Å². The Kier molecular flexibility index (Phi) is 4.16. The van der Waals surface area contributed by atoms with Crippen molar-refractivity contribution in [2.45, 2.75) is 24.8 Å². The molecule has 0 radical (unpaired) electrons. The van der Waals surface area contributed by atoms with Crippen LogP contribution in [0.2, 0.25) is 0 Å². The van der Waals surface area contributed by atoms with E-state index < -0.39 is 0 Å². The maximum atomic E-state index is 3.49. The van der Waals surface area contributed by atoms with Crippen molar-refractivity contribution in [2.75, 3.05) is 39.8 Å². The molecule has 2 N–H and O–H groups in total. The maximum Gasteiger partial charge on any atom is 0.0470 e. The van der Waals surface area contributed by atoms with Gasteiger partial charge in [0.15, 0.2) is 0 Å². The second-order valence-corrected chi connectivity index (χ2v) is 5.89. The lowest BCUT2D eigenvalue weighted by atomic mass is 9.89. The summed E-state index contributed by atoms with van der Waals surface area (Å²) in [6.07, 6.45) is 2.56. The molecule has 2 aliphatic heterocycles. The van der Waals surface area contributed by atoms with Crippen molar-refractivity contribution in [3.63, 3.8) is 0 Å². The number of piperazine rings is 1. The van der Waals surface area contributed by atoms with E-state index in [0.29, 0.717) is 6.04 Å². The number of nitrogens with zero attached hydrogens (tertiary/aromatic N) is 1. The van der Waals surface area contributed by atoms with Crippen LogP contribution in [0.25, 0.3) is 0 Å². The minimum atomic E-state index is 0.538. The molecule has 3 rings (SSSR count). The van der Waals surface area contributed by atoms with E-state index in [9.17, 15) is 0 Å². The Bertz CT molecular complexity index is 395. The molecule has 2 aliphatic rings. The standard InChI is InChI=1S/C16H25N3/c1-19-11-10-18-12-16(19)15-4-2-13(3-5-15)14-6-8-17-9-7-14/h2-5,14,16-18H,6-12H2,1H3. The first-order valence-electron chi connectivity index (χ1n) is 7.56. The molecule has 2 fully saturated rings. The van der Waals surface area contributed by atoms with E-state index in [2.05, 4.69) is 46.8 Å². The second kappa shape index (κ2) is 6.04. The van der Waals surface area contributed by atoms with Crippen LogP contribution >= 0.6 is 0 Å². The summed E-state index contributed by atoms with van der Waals surface area (Å²) in [5.41, 5.74) is 2.98. The molecule has 0 saturated carbocycles.